The number of hydrogen-bond acceptors (Lipinski definition) is 2. The smallest absolute Gasteiger partial charge is 0.135 e. The molecule has 0 spiro atoms. The molecular formula is C28H34N2O. The van der Waals surface area contributed by atoms with Crippen LogP contribution >= 0.6 is 0 Å². The van der Waals surface area contributed by atoms with E-state index < -0.39 is 0 Å². The van der Waals surface area contributed by atoms with Gasteiger partial charge in [-0.3, -0.25) is 0 Å². The molecule has 0 fully saturated rings. The Hall–Kier alpha value is -3.07. The van der Waals surface area contributed by atoms with E-state index in [0.29, 0.717) is 0 Å². The molecule has 0 bridgehead atoms. The summed E-state index contributed by atoms with van der Waals surface area (Å²) in [6, 6.07) is 21.1. The van der Waals surface area contributed by atoms with Gasteiger partial charge in [-0.1, -0.05) is 63.2 Å². The first-order valence-electron chi connectivity index (χ1n) is 10.9. The Morgan fingerprint density at radius 2 is 1.65 bits per heavy atom. The van der Waals surface area contributed by atoms with Crippen LogP contribution in [0.5, 0.6) is 11.5 Å². The van der Waals surface area contributed by atoms with Crippen molar-refractivity contribution in [2.24, 2.45) is 4.99 Å². The first-order chi connectivity index (χ1) is 14.7. The molecule has 0 unspecified atom stereocenters. The minimum absolute atomic E-state index is 0.0989. The summed E-state index contributed by atoms with van der Waals surface area (Å²) in [6.45, 7) is 13.9. The van der Waals surface area contributed by atoms with Gasteiger partial charge < -0.3 is 9.64 Å². The van der Waals surface area contributed by atoms with Crippen LogP contribution in [0.2, 0.25) is 0 Å². The van der Waals surface area contributed by atoms with E-state index in [1.807, 2.05) is 25.5 Å². The lowest BCUT2D eigenvalue weighted by Gasteiger charge is -2.20. The van der Waals surface area contributed by atoms with E-state index in [0.717, 1.165) is 40.4 Å². The molecule has 3 heteroatoms. The summed E-state index contributed by atoms with van der Waals surface area (Å²) in [7, 11) is 2.02. The lowest BCUT2D eigenvalue weighted by atomic mass is 9.85. The van der Waals surface area contributed by atoms with Crippen LogP contribution in [0.15, 0.2) is 65.7 Å². The minimum atomic E-state index is 0.0989. The normalized spacial score (nSPS) is 11.7. The number of rotatable bonds is 6. The molecule has 3 aromatic carbocycles. The molecule has 0 aliphatic carbocycles. The van der Waals surface area contributed by atoms with E-state index in [9.17, 15) is 0 Å². The molecule has 0 radical (unpaired) electrons. The van der Waals surface area contributed by atoms with Gasteiger partial charge in [0.05, 0.1) is 12.0 Å². The van der Waals surface area contributed by atoms with E-state index in [2.05, 4.69) is 100.0 Å². The van der Waals surface area contributed by atoms with Crippen molar-refractivity contribution in [3.8, 4) is 22.6 Å². The maximum absolute atomic E-state index is 6.44. The molecule has 3 nitrogen and oxygen atoms in total. The fraction of sp³-hybridized carbons (Fsp3) is 0.321. The Morgan fingerprint density at radius 1 is 0.903 bits per heavy atom. The number of hydrogen-bond donors (Lipinski definition) is 0. The predicted octanol–water partition coefficient (Wildman–Crippen LogP) is 7.67. The molecule has 0 saturated heterocycles. The average molecular weight is 415 g/mol. The molecule has 0 heterocycles. The van der Waals surface area contributed by atoms with Gasteiger partial charge in [0.15, 0.2) is 0 Å². The van der Waals surface area contributed by atoms with Crippen molar-refractivity contribution in [2.45, 2.75) is 47.0 Å². The van der Waals surface area contributed by atoms with Gasteiger partial charge in [0, 0.05) is 19.2 Å². The second kappa shape index (κ2) is 9.38. The fourth-order valence-electron chi connectivity index (χ4n) is 3.33. The maximum Gasteiger partial charge on any atom is 0.135 e. The summed E-state index contributed by atoms with van der Waals surface area (Å²) in [6.07, 6.45) is 1.87. The highest BCUT2D eigenvalue weighted by Crippen LogP contribution is 2.37. The molecule has 0 N–H and O–H groups in total. The molecule has 3 rings (SSSR count). The Labute approximate surface area is 187 Å². The quantitative estimate of drug-likeness (QED) is 0.305. The van der Waals surface area contributed by atoms with E-state index in [1.54, 1.807) is 0 Å². The van der Waals surface area contributed by atoms with Crippen molar-refractivity contribution in [2.75, 3.05) is 13.6 Å². The van der Waals surface area contributed by atoms with Crippen molar-refractivity contribution in [3.63, 3.8) is 0 Å². The number of ether oxygens (including phenoxy) is 1. The van der Waals surface area contributed by atoms with Gasteiger partial charge in [0.1, 0.15) is 11.5 Å². The standard InChI is InChI=1S/C28H34N2O/c1-8-30(7)19-29-25-16-21(3)27(17-20(25)2)31-26-15-10-9-14-24(26)22-12-11-13-23(18-22)28(4,5)6/h9-19H,8H2,1-7H3. The highest BCUT2D eigenvalue weighted by molar-refractivity contribution is 5.72. The molecule has 0 aromatic heterocycles. The first kappa shape index (κ1) is 22.6. The maximum atomic E-state index is 6.44. The summed E-state index contributed by atoms with van der Waals surface area (Å²) in [5.74, 6) is 1.72. The van der Waals surface area contributed by atoms with Crippen LogP contribution in [0.3, 0.4) is 0 Å². The van der Waals surface area contributed by atoms with Crippen molar-refractivity contribution in [1.82, 2.24) is 4.90 Å². The van der Waals surface area contributed by atoms with Crippen molar-refractivity contribution in [3.05, 3.63) is 77.4 Å². The van der Waals surface area contributed by atoms with Gasteiger partial charge in [-0.05, 0) is 66.6 Å². The number of para-hydroxylation sites is 1. The summed E-state index contributed by atoms with van der Waals surface area (Å²) in [5.41, 5.74) is 6.80. The van der Waals surface area contributed by atoms with Crippen LogP contribution in [0.4, 0.5) is 5.69 Å². The predicted molar refractivity (Wildman–Crippen MR) is 133 cm³/mol. The first-order valence-corrected chi connectivity index (χ1v) is 10.9. The Morgan fingerprint density at radius 3 is 2.35 bits per heavy atom. The number of aliphatic imine (C=N–C) groups is 1. The van der Waals surface area contributed by atoms with Gasteiger partial charge in [0.25, 0.3) is 0 Å². The Bertz CT molecular complexity index is 1080. The summed E-state index contributed by atoms with van der Waals surface area (Å²) >= 11 is 0. The Kier molecular flexibility index (Phi) is 6.84. The average Bonchev–Trinajstić information content (AvgIpc) is 2.74. The van der Waals surface area contributed by atoms with E-state index >= 15 is 0 Å². The van der Waals surface area contributed by atoms with Crippen LogP contribution in [0.25, 0.3) is 11.1 Å². The summed E-state index contributed by atoms with van der Waals surface area (Å²) in [4.78, 5) is 6.69. The molecule has 0 amide bonds. The SMILES string of the molecule is CCN(C)C=Nc1cc(C)c(Oc2ccccc2-c2cccc(C(C)(C)C)c2)cc1C. The van der Waals surface area contributed by atoms with Crippen LogP contribution in [0, 0.1) is 13.8 Å². The van der Waals surface area contributed by atoms with Gasteiger partial charge >= 0.3 is 0 Å². The Balaban J connectivity index is 1.95. The van der Waals surface area contributed by atoms with Gasteiger partial charge in [0.2, 0.25) is 0 Å². The van der Waals surface area contributed by atoms with E-state index in [4.69, 9.17) is 4.74 Å². The lowest BCUT2D eigenvalue weighted by Crippen LogP contribution is -2.14. The van der Waals surface area contributed by atoms with Gasteiger partial charge in [-0.15, -0.1) is 0 Å². The topological polar surface area (TPSA) is 24.8 Å². The van der Waals surface area contributed by atoms with Crippen molar-refractivity contribution in [1.29, 1.82) is 0 Å². The highest BCUT2D eigenvalue weighted by atomic mass is 16.5. The van der Waals surface area contributed by atoms with Crippen molar-refractivity contribution >= 4 is 12.0 Å². The second-order valence-corrected chi connectivity index (χ2v) is 9.15. The molecule has 0 aliphatic heterocycles. The summed E-state index contributed by atoms with van der Waals surface area (Å²) in [5, 5.41) is 0. The molecule has 0 saturated carbocycles. The molecular weight excluding hydrogens is 380 g/mol. The summed E-state index contributed by atoms with van der Waals surface area (Å²) < 4.78 is 6.44. The largest absolute Gasteiger partial charge is 0.456 e. The molecule has 3 aromatic rings. The zero-order valence-electron chi connectivity index (χ0n) is 19.9. The van der Waals surface area contributed by atoms with E-state index in [-0.39, 0.29) is 5.41 Å². The monoisotopic (exact) mass is 414 g/mol. The van der Waals surface area contributed by atoms with Gasteiger partial charge in [-0.2, -0.15) is 0 Å². The molecule has 0 aliphatic rings. The van der Waals surface area contributed by atoms with Crippen LogP contribution in [0.1, 0.15) is 44.4 Å². The van der Waals surface area contributed by atoms with Crippen molar-refractivity contribution < 1.29 is 4.74 Å². The van der Waals surface area contributed by atoms with Crippen LogP contribution < -0.4 is 4.74 Å². The third-order valence-electron chi connectivity index (χ3n) is 5.53. The lowest BCUT2D eigenvalue weighted by molar-refractivity contribution is 0.480. The molecule has 0 atom stereocenters. The van der Waals surface area contributed by atoms with Crippen LogP contribution in [-0.4, -0.2) is 24.8 Å². The fourth-order valence-corrected chi connectivity index (χ4v) is 3.33. The highest BCUT2D eigenvalue weighted by Gasteiger charge is 2.16. The number of benzene rings is 3. The number of aryl methyl sites for hydroxylation is 2. The van der Waals surface area contributed by atoms with E-state index in [1.165, 1.54) is 11.1 Å². The molecule has 31 heavy (non-hydrogen) atoms. The van der Waals surface area contributed by atoms with Gasteiger partial charge in [-0.25, -0.2) is 4.99 Å². The van der Waals surface area contributed by atoms with Crippen LogP contribution in [-0.2, 0) is 5.41 Å². The second-order valence-electron chi connectivity index (χ2n) is 9.15. The molecule has 162 valence electrons. The number of nitrogens with zero attached hydrogens (tertiary/aromatic N) is 2. The third kappa shape index (κ3) is 5.55. The zero-order chi connectivity index (χ0) is 22.6. The third-order valence-corrected chi connectivity index (χ3v) is 5.53. The minimum Gasteiger partial charge on any atom is -0.456 e. The zero-order valence-corrected chi connectivity index (χ0v) is 19.9.